The minimum atomic E-state index is 0.372. The number of imidazole rings is 1. The minimum Gasteiger partial charge on any atom is -0.330 e. The Morgan fingerprint density at radius 3 is 2.81 bits per heavy atom. The van der Waals surface area contributed by atoms with Crippen molar-refractivity contribution in [2.75, 3.05) is 0 Å². The van der Waals surface area contributed by atoms with Gasteiger partial charge in [-0.25, -0.2) is 4.98 Å². The van der Waals surface area contributed by atoms with Gasteiger partial charge in [0, 0.05) is 18.9 Å². The first-order valence-electron chi connectivity index (χ1n) is 5.61. The third kappa shape index (κ3) is 2.73. The fourth-order valence-electron chi connectivity index (χ4n) is 1.58. The molecule has 2 aromatic rings. The molecule has 0 spiro atoms. The Bertz CT molecular complexity index is 435. The van der Waals surface area contributed by atoms with Crippen LogP contribution in [0.5, 0.6) is 0 Å². The molecule has 0 aliphatic carbocycles. The number of hydrogen-bond acceptors (Lipinski definition) is 2. The van der Waals surface area contributed by atoms with Gasteiger partial charge in [0.25, 0.3) is 0 Å². The number of hydrogen-bond donors (Lipinski definition) is 0. The van der Waals surface area contributed by atoms with Crippen molar-refractivity contribution in [3.63, 3.8) is 0 Å². The Balaban J connectivity index is 2.14. The average molecular weight is 234 g/mol. The van der Waals surface area contributed by atoms with Gasteiger partial charge in [-0.3, -0.25) is 0 Å². The van der Waals surface area contributed by atoms with E-state index in [1.54, 1.807) is 11.3 Å². The van der Waals surface area contributed by atoms with Crippen LogP contribution in [0.1, 0.15) is 27.2 Å². The van der Waals surface area contributed by atoms with Crippen molar-refractivity contribution < 1.29 is 0 Å². The first-order chi connectivity index (χ1) is 7.56. The first kappa shape index (κ1) is 11.4. The number of aryl methyl sites for hydroxylation is 1. The standard InChI is InChI=1S/C13H18N2S/c1-13(2,3)6-8-15-9-7-14-12(15)11-5-4-10-16-11/h4-5,7,9-10H,6,8H2,1-3H3. The number of thiophene rings is 1. The molecule has 2 nitrogen and oxygen atoms in total. The van der Waals surface area contributed by atoms with E-state index in [9.17, 15) is 0 Å². The van der Waals surface area contributed by atoms with Gasteiger partial charge >= 0.3 is 0 Å². The van der Waals surface area contributed by atoms with Crippen molar-refractivity contribution in [2.45, 2.75) is 33.7 Å². The van der Waals surface area contributed by atoms with Crippen molar-refractivity contribution >= 4 is 11.3 Å². The quantitative estimate of drug-likeness (QED) is 0.783. The molecular weight excluding hydrogens is 216 g/mol. The van der Waals surface area contributed by atoms with Crippen molar-refractivity contribution in [1.29, 1.82) is 0 Å². The zero-order valence-electron chi connectivity index (χ0n) is 10.1. The van der Waals surface area contributed by atoms with Crippen LogP contribution in [0, 0.1) is 5.41 Å². The summed E-state index contributed by atoms with van der Waals surface area (Å²) in [6.45, 7) is 7.86. The SMILES string of the molecule is CC(C)(C)CCn1ccnc1-c1cccs1. The second-order valence-electron chi connectivity index (χ2n) is 5.23. The maximum Gasteiger partial charge on any atom is 0.149 e. The predicted molar refractivity (Wildman–Crippen MR) is 69.6 cm³/mol. The van der Waals surface area contributed by atoms with Gasteiger partial charge < -0.3 is 4.57 Å². The van der Waals surface area contributed by atoms with Crippen LogP contribution in [0.25, 0.3) is 10.7 Å². The molecule has 0 aliphatic heterocycles. The highest BCUT2D eigenvalue weighted by molar-refractivity contribution is 7.13. The van der Waals surface area contributed by atoms with Gasteiger partial charge in [-0.05, 0) is 23.3 Å². The lowest BCUT2D eigenvalue weighted by Gasteiger charge is -2.18. The maximum atomic E-state index is 4.43. The van der Waals surface area contributed by atoms with Gasteiger partial charge in [0.15, 0.2) is 0 Å². The molecular formula is C13H18N2S. The molecule has 3 heteroatoms. The summed E-state index contributed by atoms with van der Waals surface area (Å²) in [5, 5.41) is 2.10. The Labute approximate surface area is 101 Å². The van der Waals surface area contributed by atoms with Crippen molar-refractivity contribution in [3.05, 3.63) is 29.9 Å². The summed E-state index contributed by atoms with van der Waals surface area (Å²) in [6.07, 6.45) is 5.13. The molecule has 0 bridgehead atoms. The number of rotatable bonds is 3. The monoisotopic (exact) mass is 234 g/mol. The molecule has 0 unspecified atom stereocenters. The van der Waals surface area contributed by atoms with Crippen molar-refractivity contribution in [2.24, 2.45) is 5.41 Å². The molecule has 0 atom stereocenters. The molecule has 2 aromatic heterocycles. The average Bonchev–Trinajstić information content (AvgIpc) is 2.84. The van der Waals surface area contributed by atoms with E-state index in [0.29, 0.717) is 5.41 Å². The van der Waals surface area contributed by atoms with Crippen molar-refractivity contribution in [1.82, 2.24) is 9.55 Å². The molecule has 0 saturated heterocycles. The van der Waals surface area contributed by atoms with Crippen LogP contribution in [-0.4, -0.2) is 9.55 Å². The van der Waals surface area contributed by atoms with E-state index in [2.05, 4.69) is 54.0 Å². The fourth-order valence-corrected chi connectivity index (χ4v) is 2.31. The van der Waals surface area contributed by atoms with E-state index in [1.165, 1.54) is 11.3 Å². The molecule has 86 valence electrons. The summed E-state index contributed by atoms with van der Waals surface area (Å²) < 4.78 is 2.25. The van der Waals surface area contributed by atoms with E-state index >= 15 is 0 Å². The normalized spacial score (nSPS) is 11.9. The molecule has 0 fully saturated rings. The van der Waals surface area contributed by atoms with E-state index in [0.717, 1.165) is 12.4 Å². The largest absolute Gasteiger partial charge is 0.330 e. The lowest BCUT2D eigenvalue weighted by Crippen LogP contribution is -2.10. The second-order valence-corrected chi connectivity index (χ2v) is 6.18. The Morgan fingerprint density at radius 1 is 1.38 bits per heavy atom. The maximum absolute atomic E-state index is 4.43. The molecule has 2 heterocycles. The molecule has 0 N–H and O–H groups in total. The van der Waals surface area contributed by atoms with Gasteiger partial charge in [-0.15, -0.1) is 11.3 Å². The van der Waals surface area contributed by atoms with Crippen molar-refractivity contribution in [3.8, 4) is 10.7 Å². The third-order valence-electron chi connectivity index (χ3n) is 2.56. The topological polar surface area (TPSA) is 17.8 Å². The molecule has 0 aliphatic rings. The van der Waals surface area contributed by atoms with Crippen LogP contribution in [0.3, 0.4) is 0 Å². The molecule has 0 radical (unpaired) electrons. The van der Waals surface area contributed by atoms with Crippen LogP contribution in [-0.2, 0) is 6.54 Å². The van der Waals surface area contributed by atoms with Gasteiger partial charge in [-0.1, -0.05) is 26.8 Å². The van der Waals surface area contributed by atoms with Crippen LogP contribution in [0.4, 0.5) is 0 Å². The predicted octanol–water partition coefficient (Wildman–Crippen LogP) is 4.05. The summed E-state index contributed by atoms with van der Waals surface area (Å²) in [5.74, 6) is 1.10. The summed E-state index contributed by atoms with van der Waals surface area (Å²) in [5.41, 5.74) is 0.372. The summed E-state index contributed by atoms with van der Waals surface area (Å²) in [7, 11) is 0. The molecule has 16 heavy (non-hydrogen) atoms. The van der Waals surface area contributed by atoms with Gasteiger partial charge in [0.1, 0.15) is 5.82 Å². The van der Waals surface area contributed by atoms with Crippen LogP contribution < -0.4 is 0 Å². The first-order valence-corrected chi connectivity index (χ1v) is 6.49. The Kier molecular flexibility index (Phi) is 3.15. The Hall–Kier alpha value is -1.09. The molecule has 0 saturated carbocycles. The van der Waals surface area contributed by atoms with E-state index in [1.807, 2.05) is 6.20 Å². The second kappa shape index (κ2) is 4.42. The highest BCUT2D eigenvalue weighted by atomic mass is 32.1. The lowest BCUT2D eigenvalue weighted by molar-refractivity contribution is 0.351. The molecule has 0 aromatic carbocycles. The fraction of sp³-hybridized carbons (Fsp3) is 0.462. The van der Waals surface area contributed by atoms with Crippen LogP contribution >= 0.6 is 11.3 Å². The zero-order valence-corrected chi connectivity index (χ0v) is 10.9. The van der Waals surface area contributed by atoms with E-state index in [-0.39, 0.29) is 0 Å². The summed E-state index contributed by atoms with van der Waals surface area (Å²) >= 11 is 1.74. The van der Waals surface area contributed by atoms with Gasteiger partial charge in [0.05, 0.1) is 4.88 Å². The van der Waals surface area contributed by atoms with Gasteiger partial charge in [-0.2, -0.15) is 0 Å². The highest BCUT2D eigenvalue weighted by Gasteiger charge is 2.12. The molecule has 2 rings (SSSR count). The lowest BCUT2D eigenvalue weighted by atomic mass is 9.92. The third-order valence-corrected chi connectivity index (χ3v) is 3.43. The minimum absolute atomic E-state index is 0.372. The number of aromatic nitrogens is 2. The van der Waals surface area contributed by atoms with E-state index < -0.39 is 0 Å². The smallest absolute Gasteiger partial charge is 0.149 e. The van der Waals surface area contributed by atoms with Crippen LogP contribution in [0.2, 0.25) is 0 Å². The highest BCUT2D eigenvalue weighted by Crippen LogP contribution is 2.25. The summed E-state index contributed by atoms with van der Waals surface area (Å²) in [4.78, 5) is 5.68. The zero-order chi connectivity index (χ0) is 11.6. The van der Waals surface area contributed by atoms with Gasteiger partial charge in [0.2, 0.25) is 0 Å². The van der Waals surface area contributed by atoms with E-state index in [4.69, 9.17) is 0 Å². The molecule has 0 amide bonds. The number of nitrogens with zero attached hydrogens (tertiary/aromatic N) is 2. The van der Waals surface area contributed by atoms with Crippen LogP contribution in [0.15, 0.2) is 29.9 Å². The Morgan fingerprint density at radius 2 is 2.19 bits per heavy atom. The summed E-state index contributed by atoms with van der Waals surface area (Å²) in [6, 6.07) is 4.20.